The summed E-state index contributed by atoms with van der Waals surface area (Å²) in [5.74, 6) is 0. The Morgan fingerprint density at radius 3 is 2.35 bits per heavy atom. The quantitative estimate of drug-likeness (QED) is 0.646. The van der Waals surface area contributed by atoms with E-state index in [4.69, 9.17) is 9.84 Å². The molecule has 0 aromatic heterocycles. The molecule has 17 heavy (non-hydrogen) atoms. The summed E-state index contributed by atoms with van der Waals surface area (Å²) in [6.45, 7) is -0.323. The van der Waals surface area contributed by atoms with Gasteiger partial charge in [0, 0.05) is 10.2 Å². The molecular weight excluding hydrogens is 290 g/mol. The molecule has 0 amide bonds. The molecule has 1 fully saturated rings. The van der Waals surface area contributed by atoms with Gasteiger partial charge in [-0.1, -0.05) is 15.9 Å². The molecule has 5 nitrogen and oxygen atoms in total. The number of hydrogen-bond acceptors (Lipinski definition) is 5. The highest BCUT2D eigenvalue weighted by Gasteiger charge is 2.42. The highest BCUT2D eigenvalue weighted by molar-refractivity contribution is 9.10. The fourth-order valence-corrected chi connectivity index (χ4v) is 1.99. The molecule has 1 heterocycles. The van der Waals surface area contributed by atoms with E-state index in [-0.39, 0.29) is 6.61 Å². The molecule has 1 aromatic carbocycles. The first kappa shape index (κ1) is 12.8. The molecule has 94 valence electrons. The summed E-state index contributed by atoms with van der Waals surface area (Å²) < 4.78 is 6.24. The minimum Gasteiger partial charge on any atom is -0.394 e. The monoisotopic (exact) mass is 303 g/mol. The third-order valence-electron chi connectivity index (χ3n) is 2.70. The highest BCUT2D eigenvalue weighted by Crippen LogP contribution is 2.23. The molecule has 2 rings (SSSR count). The molecule has 6 heteroatoms. The van der Waals surface area contributed by atoms with Gasteiger partial charge in [-0.05, 0) is 24.3 Å². The second kappa shape index (κ2) is 5.32. The van der Waals surface area contributed by atoms with Crippen LogP contribution in [0.15, 0.2) is 28.7 Å². The normalized spacial score (nSPS) is 32.7. The van der Waals surface area contributed by atoms with E-state index in [9.17, 15) is 10.2 Å². The molecule has 4 N–H and O–H groups in total. The van der Waals surface area contributed by atoms with Crippen molar-refractivity contribution in [2.24, 2.45) is 0 Å². The van der Waals surface area contributed by atoms with Crippen molar-refractivity contribution < 1.29 is 20.1 Å². The fourth-order valence-electron chi connectivity index (χ4n) is 1.73. The maximum absolute atomic E-state index is 9.72. The van der Waals surface area contributed by atoms with Crippen LogP contribution in [0.3, 0.4) is 0 Å². The lowest BCUT2D eigenvalue weighted by molar-refractivity contribution is -0.0153. The van der Waals surface area contributed by atoms with Crippen molar-refractivity contribution in [3.63, 3.8) is 0 Å². The average Bonchev–Trinajstić information content (AvgIpc) is 2.60. The van der Waals surface area contributed by atoms with Crippen molar-refractivity contribution in [1.82, 2.24) is 0 Å². The number of aliphatic hydroxyl groups is 3. The molecule has 0 radical (unpaired) electrons. The van der Waals surface area contributed by atoms with Gasteiger partial charge in [-0.25, -0.2) is 0 Å². The summed E-state index contributed by atoms with van der Waals surface area (Å²) in [4.78, 5) is 0. The molecular formula is C11H14BrNO4. The lowest BCUT2D eigenvalue weighted by Gasteiger charge is -2.17. The SMILES string of the molecule is OC[C@@H]1O[C@@H](Nc2ccc(Br)cc2)[C@H](O)[C@H]1O. The van der Waals surface area contributed by atoms with Gasteiger partial charge in [-0.15, -0.1) is 0 Å². The molecule has 0 unspecified atom stereocenters. The van der Waals surface area contributed by atoms with Crippen molar-refractivity contribution in [1.29, 1.82) is 0 Å². The zero-order valence-electron chi connectivity index (χ0n) is 8.95. The van der Waals surface area contributed by atoms with Crippen LogP contribution in [0.4, 0.5) is 5.69 Å². The molecule has 1 aliphatic heterocycles. The van der Waals surface area contributed by atoms with E-state index in [1.807, 2.05) is 24.3 Å². The van der Waals surface area contributed by atoms with Gasteiger partial charge in [0.1, 0.15) is 18.3 Å². The zero-order valence-corrected chi connectivity index (χ0v) is 10.5. The van der Waals surface area contributed by atoms with E-state index < -0.39 is 24.5 Å². The second-order valence-electron chi connectivity index (χ2n) is 3.91. The minimum atomic E-state index is -1.08. The van der Waals surface area contributed by atoms with Crippen molar-refractivity contribution >= 4 is 21.6 Å². The number of anilines is 1. The minimum absolute atomic E-state index is 0.323. The summed E-state index contributed by atoms with van der Waals surface area (Å²) in [5, 5.41) is 31.2. The van der Waals surface area contributed by atoms with Gasteiger partial charge in [0.05, 0.1) is 6.61 Å². The van der Waals surface area contributed by atoms with E-state index in [0.29, 0.717) is 0 Å². The topological polar surface area (TPSA) is 82.0 Å². The predicted octanol–water partition coefficient (Wildman–Crippen LogP) is 0.300. The van der Waals surface area contributed by atoms with Crippen LogP contribution in [-0.4, -0.2) is 46.5 Å². The van der Waals surface area contributed by atoms with E-state index >= 15 is 0 Å². The van der Waals surface area contributed by atoms with Crippen molar-refractivity contribution in [2.75, 3.05) is 11.9 Å². The average molecular weight is 304 g/mol. The molecule has 1 aliphatic rings. The van der Waals surface area contributed by atoms with Crippen LogP contribution in [0.5, 0.6) is 0 Å². The van der Waals surface area contributed by atoms with Crippen molar-refractivity contribution in [3.05, 3.63) is 28.7 Å². The molecule has 0 spiro atoms. The van der Waals surface area contributed by atoms with Gasteiger partial charge in [0.15, 0.2) is 6.23 Å². The third-order valence-corrected chi connectivity index (χ3v) is 3.22. The maximum Gasteiger partial charge on any atom is 0.157 e. The maximum atomic E-state index is 9.72. The number of ether oxygens (including phenoxy) is 1. The van der Waals surface area contributed by atoms with Gasteiger partial charge in [0.2, 0.25) is 0 Å². The zero-order chi connectivity index (χ0) is 12.4. The number of aliphatic hydroxyl groups excluding tert-OH is 3. The summed E-state index contributed by atoms with van der Waals surface area (Å²) in [5.41, 5.74) is 0.767. The van der Waals surface area contributed by atoms with E-state index in [2.05, 4.69) is 21.2 Å². The Labute approximate surface area is 107 Å². The lowest BCUT2D eigenvalue weighted by atomic mass is 10.1. The molecule has 4 atom stereocenters. The Bertz CT molecular complexity index is 372. The van der Waals surface area contributed by atoms with Crippen LogP contribution >= 0.6 is 15.9 Å². The standard InChI is InChI=1S/C11H14BrNO4/c12-6-1-3-7(4-2-6)13-11-10(16)9(15)8(5-14)17-11/h1-4,8-11,13-16H,5H2/t8-,9-,10+,11+/m0/s1. The molecule has 1 saturated heterocycles. The Morgan fingerprint density at radius 1 is 1.18 bits per heavy atom. The van der Waals surface area contributed by atoms with Crippen LogP contribution in [-0.2, 0) is 4.74 Å². The first-order chi connectivity index (χ1) is 8.11. The molecule has 0 aliphatic carbocycles. The van der Waals surface area contributed by atoms with Crippen molar-refractivity contribution in [3.8, 4) is 0 Å². The van der Waals surface area contributed by atoms with E-state index in [0.717, 1.165) is 10.2 Å². The Balaban J connectivity index is 2.02. The Morgan fingerprint density at radius 2 is 1.82 bits per heavy atom. The lowest BCUT2D eigenvalue weighted by Crippen LogP contribution is -2.36. The fraction of sp³-hybridized carbons (Fsp3) is 0.455. The van der Waals surface area contributed by atoms with Crippen LogP contribution in [0, 0.1) is 0 Å². The summed E-state index contributed by atoms with van der Waals surface area (Å²) in [6.07, 6.45) is -3.61. The van der Waals surface area contributed by atoms with E-state index in [1.54, 1.807) is 0 Å². The smallest absolute Gasteiger partial charge is 0.157 e. The first-order valence-electron chi connectivity index (χ1n) is 5.26. The molecule has 0 bridgehead atoms. The van der Waals surface area contributed by atoms with Gasteiger partial charge in [-0.2, -0.15) is 0 Å². The predicted molar refractivity (Wildman–Crippen MR) is 65.5 cm³/mol. The molecule has 0 saturated carbocycles. The van der Waals surface area contributed by atoms with Crippen LogP contribution in [0.2, 0.25) is 0 Å². The van der Waals surface area contributed by atoms with Crippen molar-refractivity contribution in [2.45, 2.75) is 24.5 Å². The van der Waals surface area contributed by atoms with Crippen LogP contribution < -0.4 is 5.32 Å². The third kappa shape index (κ3) is 2.78. The Kier molecular flexibility index (Phi) is 4.01. The van der Waals surface area contributed by atoms with E-state index in [1.165, 1.54) is 0 Å². The van der Waals surface area contributed by atoms with Crippen LogP contribution in [0.25, 0.3) is 0 Å². The van der Waals surface area contributed by atoms with Gasteiger partial charge in [-0.3, -0.25) is 0 Å². The highest BCUT2D eigenvalue weighted by atomic mass is 79.9. The van der Waals surface area contributed by atoms with Gasteiger partial charge >= 0.3 is 0 Å². The summed E-state index contributed by atoms with van der Waals surface area (Å²) >= 11 is 3.32. The number of hydrogen-bond donors (Lipinski definition) is 4. The molecule has 1 aromatic rings. The number of halogens is 1. The van der Waals surface area contributed by atoms with Gasteiger partial charge in [0.25, 0.3) is 0 Å². The summed E-state index contributed by atoms with van der Waals surface area (Å²) in [6, 6.07) is 7.34. The first-order valence-corrected chi connectivity index (χ1v) is 6.05. The Hall–Kier alpha value is -0.660. The number of benzene rings is 1. The second-order valence-corrected chi connectivity index (χ2v) is 4.83. The van der Waals surface area contributed by atoms with Gasteiger partial charge < -0.3 is 25.4 Å². The number of nitrogens with one attached hydrogen (secondary N) is 1. The largest absolute Gasteiger partial charge is 0.394 e. The number of rotatable bonds is 3. The van der Waals surface area contributed by atoms with Crippen LogP contribution in [0.1, 0.15) is 0 Å². The summed E-state index contributed by atoms with van der Waals surface area (Å²) in [7, 11) is 0.